The third-order valence-corrected chi connectivity index (χ3v) is 3.45. The minimum absolute atomic E-state index is 0.165. The molecule has 0 fully saturated rings. The maximum Gasteiger partial charge on any atom is 0.222 e. The predicted molar refractivity (Wildman–Crippen MR) is 71.9 cm³/mol. The van der Waals surface area contributed by atoms with Crippen molar-refractivity contribution < 1.29 is 4.79 Å². The molecule has 0 unspecified atom stereocenters. The van der Waals surface area contributed by atoms with Crippen LogP contribution in [-0.4, -0.2) is 10.9 Å². The van der Waals surface area contributed by atoms with E-state index in [2.05, 4.69) is 10.3 Å². The first-order valence-electron chi connectivity index (χ1n) is 4.74. The summed E-state index contributed by atoms with van der Waals surface area (Å²) in [6.45, 7) is 1.44. The smallest absolute Gasteiger partial charge is 0.222 e. The standard InChI is InChI=1S/C11H8Cl2N2OS/c1-6(16)15-11-10(17-5-14-11)8-3-2-7(12)4-9(8)13/h2-5H,1H3,(H,15,16). The van der Waals surface area contributed by atoms with Crippen LogP contribution in [0.25, 0.3) is 10.4 Å². The summed E-state index contributed by atoms with van der Waals surface area (Å²) in [4.78, 5) is 15.9. The molecule has 0 bridgehead atoms. The molecule has 0 aliphatic rings. The number of anilines is 1. The van der Waals surface area contributed by atoms with Gasteiger partial charge in [0, 0.05) is 17.5 Å². The molecule has 17 heavy (non-hydrogen) atoms. The lowest BCUT2D eigenvalue weighted by atomic mass is 10.2. The van der Waals surface area contributed by atoms with Crippen LogP contribution in [0.5, 0.6) is 0 Å². The second-order valence-corrected chi connectivity index (χ2v) is 5.03. The van der Waals surface area contributed by atoms with Gasteiger partial charge in [0.2, 0.25) is 5.91 Å². The predicted octanol–water partition coefficient (Wildman–Crippen LogP) is 4.08. The maximum atomic E-state index is 11.0. The van der Waals surface area contributed by atoms with E-state index in [4.69, 9.17) is 23.2 Å². The van der Waals surface area contributed by atoms with Crippen molar-refractivity contribution in [1.29, 1.82) is 0 Å². The molecule has 0 spiro atoms. The van der Waals surface area contributed by atoms with Gasteiger partial charge in [0.05, 0.1) is 15.4 Å². The fraction of sp³-hybridized carbons (Fsp3) is 0.0909. The quantitative estimate of drug-likeness (QED) is 0.904. The molecule has 88 valence electrons. The maximum absolute atomic E-state index is 11.0. The summed E-state index contributed by atoms with van der Waals surface area (Å²) in [5, 5.41) is 3.77. The highest BCUT2D eigenvalue weighted by Gasteiger charge is 2.13. The molecule has 2 aromatic rings. The SMILES string of the molecule is CC(=O)Nc1ncsc1-c1ccc(Cl)cc1Cl. The van der Waals surface area contributed by atoms with Gasteiger partial charge < -0.3 is 5.32 Å². The zero-order valence-electron chi connectivity index (χ0n) is 8.83. The third-order valence-electron chi connectivity index (χ3n) is 2.04. The summed E-state index contributed by atoms with van der Waals surface area (Å²) in [5.74, 6) is 0.356. The van der Waals surface area contributed by atoms with Crippen LogP contribution < -0.4 is 5.32 Å². The lowest BCUT2D eigenvalue weighted by Gasteiger charge is -2.05. The number of aromatic nitrogens is 1. The van der Waals surface area contributed by atoms with Gasteiger partial charge >= 0.3 is 0 Å². The molecular formula is C11H8Cl2N2OS. The van der Waals surface area contributed by atoms with Crippen molar-refractivity contribution in [1.82, 2.24) is 4.98 Å². The normalized spacial score (nSPS) is 10.3. The fourth-order valence-corrected chi connectivity index (χ4v) is 2.71. The summed E-state index contributed by atoms with van der Waals surface area (Å²) in [6.07, 6.45) is 0. The van der Waals surface area contributed by atoms with Crippen molar-refractivity contribution in [3.63, 3.8) is 0 Å². The number of nitrogens with zero attached hydrogens (tertiary/aromatic N) is 1. The molecule has 0 aliphatic carbocycles. The van der Waals surface area contributed by atoms with Crippen LogP contribution in [-0.2, 0) is 4.79 Å². The highest BCUT2D eigenvalue weighted by molar-refractivity contribution is 7.14. The van der Waals surface area contributed by atoms with E-state index in [-0.39, 0.29) is 5.91 Å². The van der Waals surface area contributed by atoms with E-state index in [0.29, 0.717) is 15.9 Å². The zero-order valence-corrected chi connectivity index (χ0v) is 11.2. The average Bonchev–Trinajstić information content (AvgIpc) is 2.65. The van der Waals surface area contributed by atoms with Gasteiger partial charge in [-0.15, -0.1) is 11.3 Å². The van der Waals surface area contributed by atoms with Crippen molar-refractivity contribution in [3.8, 4) is 10.4 Å². The molecule has 3 nitrogen and oxygen atoms in total. The minimum Gasteiger partial charge on any atom is -0.310 e. The molecule has 6 heteroatoms. The van der Waals surface area contributed by atoms with Gasteiger partial charge in [-0.2, -0.15) is 0 Å². The van der Waals surface area contributed by atoms with Gasteiger partial charge in [-0.25, -0.2) is 4.98 Å². The first-order chi connectivity index (χ1) is 8.08. The van der Waals surface area contributed by atoms with Crippen molar-refractivity contribution >= 4 is 46.3 Å². The van der Waals surface area contributed by atoms with E-state index in [1.807, 2.05) is 6.07 Å². The number of nitrogens with one attached hydrogen (secondary N) is 1. The Hall–Kier alpha value is -1.10. The number of rotatable bonds is 2. The van der Waals surface area contributed by atoms with E-state index in [0.717, 1.165) is 10.4 Å². The van der Waals surface area contributed by atoms with Crippen LogP contribution in [0.3, 0.4) is 0 Å². The number of carbonyl (C=O) groups excluding carboxylic acids is 1. The van der Waals surface area contributed by atoms with Crippen LogP contribution >= 0.6 is 34.5 Å². The largest absolute Gasteiger partial charge is 0.310 e. The molecule has 1 aromatic carbocycles. The molecule has 0 aliphatic heterocycles. The monoisotopic (exact) mass is 286 g/mol. The first kappa shape index (κ1) is 12.4. The summed E-state index contributed by atoms with van der Waals surface area (Å²) < 4.78 is 0. The van der Waals surface area contributed by atoms with Crippen molar-refractivity contribution in [3.05, 3.63) is 33.8 Å². The minimum atomic E-state index is -0.165. The van der Waals surface area contributed by atoms with E-state index < -0.39 is 0 Å². The second kappa shape index (κ2) is 5.04. The molecule has 0 saturated carbocycles. The van der Waals surface area contributed by atoms with E-state index >= 15 is 0 Å². The molecule has 0 saturated heterocycles. The third kappa shape index (κ3) is 2.77. The highest BCUT2D eigenvalue weighted by atomic mass is 35.5. The number of amides is 1. The topological polar surface area (TPSA) is 42.0 Å². The Balaban J connectivity index is 2.46. The first-order valence-corrected chi connectivity index (χ1v) is 6.38. The summed E-state index contributed by atoms with van der Waals surface area (Å²) in [7, 11) is 0. The molecule has 1 amide bonds. The van der Waals surface area contributed by atoms with Crippen LogP contribution in [0.2, 0.25) is 10.0 Å². The molecule has 1 heterocycles. The Bertz CT molecular complexity index is 568. The number of hydrogen-bond donors (Lipinski definition) is 1. The second-order valence-electron chi connectivity index (χ2n) is 3.34. The Morgan fingerprint density at radius 3 is 2.82 bits per heavy atom. The number of thiazole rings is 1. The summed E-state index contributed by atoms with van der Waals surface area (Å²) in [5.41, 5.74) is 2.47. The van der Waals surface area contributed by atoms with E-state index in [1.165, 1.54) is 18.3 Å². The lowest BCUT2D eigenvalue weighted by molar-refractivity contribution is -0.114. The molecule has 1 aromatic heterocycles. The summed E-state index contributed by atoms with van der Waals surface area (Å²) in [6, 6.07) is 5.22. The van der Waals surface area contributed by atoms with Crippen LogP contribution in [0.1, 0.15) is 6.92 Å². The molecule has 1 N–H and O–H groups in total. The number of halogens is 2. The number of carbonyl (C=O) groups is 1. The number of benzene rings is 1. The van der Waals surface area contributed by atoms with Gasteiger partial charge in [-0.05, 0) is 12.1 Å². The molecule has 2 rings (SSSR count). The zero-order chi connectivity index (χ0) is 12.4. The van der Waals surface area contributed by atoms with Gasteiger partial charge in [0.1, 0.15) is 0 Å². The lowest BCUT2D eigenvalue weighted by Crippen LogP contribution is -2.06. The van der Waals surface area contributed by atoms with Crippen molar-refractivity contribution in [2.45, 2.75) is 6.92 Å². The Morgan fingerprint density at radius 1 is 1.41 bits per heavy atom. The Morgan fingerprint density at radius 2 is 2.18 bits per heavy atom. The van der Waals surface area contributed by atoms with Crippen molar-refractivity contribution in [2.24, 2.45) is 0 Å². The van der Waals surface area contributed by atoms with Gasteiger partial charge in [-0.1, -0.05) is 29.3 Å². The van der Waals surface area contributed by atoms with Gasteiger partial charge in [0.15, 0.2) is 5.82 Å². The summed E-state index contributed by atoms with van der Waals surface area (Å²) >= 11 is 13.4. The Kier molecular flexibility index (Phi) is 3.66. The van der Waals surface area contributed by atoms with Crippen LogP contribution in [0, 0.1) is 0 Å². The molecule has 0 radical (unpaired) electrons. The fourth-order valence-electron chi connectivity index (χ4n) is 1.37. The van der Waals surface area contributed by atoms with Crippen molar-refractivity contribution in [2.75, 3.05) is 5.32 Å². The van der Waals surface area contributed by atoms with Crippen LogP contribution in [0.4, 0.5) is 5.82 Å². The Labute approximate surface area is 112 Å². The molecule has 0 atom stereocenters. The van der Waals surface area contributed by atoms with E-state index in [9.17, 15) is 4.79 Å². The van der Waals surface area contributed by atoms with Gasteiger partial charge in [0.25, 0.3) is 0 Å². The van der Waals surface area contributed by atoms with Crippen LogP contribution in [0.15, 0.2) is 23.7 Å². The number of hydrogen-bond acceptors (Lipinski definition) is 3. The average molecular weight is 287 g/mol. The van der Waals surface area contributed by atoms with Gasteiger partial charge in [-0.3, -0.25) is 4.79 Å². The molecular weight excluding hydrogens is 279 g/mol. The highest BCUT2D eigenvalue weighted by Crippen LogP contribution is 2.37. The van der Waals surface area contributed by atoms with E-state index in [1.54, 1.807) is 17.6 Å².